The van der Waals surface area contributed by atoms with Gasteiger partial charge in [-0.3, -0.25) is 4.79 Å². The zero-order valence-electron chi connectivity index (χ0n) is 24.9. The molecule has 8 heteroatoms. The molecule has 0 aromatic heterocycles. The number of fused-ring (bicyclic) bond motifs is 1. The van der Waals surface area contributed by atoms with Gasteiger partial charge in [0.1, 0.15) is 12.4 Å². The summed E-state index contributed by atoms with van der Waals surface area (Å²) in [5.74, 6) is 3.45. The molecule has 1 saturated heterocycles. The number of carbonyl (C=O) groups excluding carboxylic acids is 1. The monoisotopic (exact) mass is 634 g/mol. The lowest BCUT2D eigenvalue weighted by Gasteiger charge is -2.26. The van der Waals surface area contributed by atoms with Crippen LogP contribution in [0.2, 0.25) is 0 Å². The van der Waals surface area contributed by atoms with Crippen molar-refractivity contribution in [3.8, 4) is 12.3 Å². The molecule has 0 bridgehead atoms. The molecule has 2 aromatic carbocycles. The highest BCUT2D eigenvalue weighted by molar-refractivity contribution is 9.12. The molecule has 2 aliphatic rings. The normalized spacial score (nSPS) is 17.6. The Balaban J connectivity index is 0.000000316. The summed E-state index contributed by atoms with van der Waals surface area (Å²) in [6.07, 6.45) is 11.3. The van der Waals surface area contributed by atoms with Gasteiger partial charge in [-0.05, 0) is 95.1 Å². The second-order valence-corrected chi connectivity index (χ2v) is 11.4. The third-order valence-corrected chi connectivity index (χ3v) is 8.05. The molecule has 2 aliphatic heterocycles. The number of allylic oxidation sites excluding steroid dienone is 5. The molecule has 1 amide bonds. The maximum atomic E-state index is 13.3. The lowest BCUT2D eigenvalue weighted by molar-refractivity contribution is -0.127. The van der Waals surface area contributed by atoms with Crippen LogP contribution >= 0.6 is 15.9 Å². The number of hydrogen-bond donors (Lipinski definition) is 3. The molecule has 2 atom stereocenters. The molecule has 42 heavy (non-hydrogen) atoms. The summed E-state index contributed by atoms with van der Waals surface area (Å²) in [6, 6.07) is 12.2. The maximum absolute atomic E-state index is 13.3. The van der Waals surface area contributed by atoms with Gasteiger partial charge < -0.3 is 20.5 Å². The van der Waals surface area contributed by atoms with E-state index in [0.717, 1.165) is 38.1 Å². The summed E-state index contributed by atoms with van der Waals surface area (Å²) >= 11 is 3.27. The molecular formula is C34H40BrFN4O2. The third kappa shape index (κ3) is 8.68. The number of rotatable bonds is 9. The van der Waals surface area contributed by atoms with Crippen molar-refractivity contribution in [2.24, 2.45) is 11.8 Å². The lowest BCUT2D eigenvalue weighted by Crippen LogP contribution is -2.37. The Labute approximate surface area is 257 Å². The largest absolute Gasteiger partial charge is 0.344 e. The average Bonchev–Trinajstić information content (AvgIpc) is 3.61. The Kier molecular flexibility index (Phi) is 12.2. The van der Waals surface area contributed by atoms with Crippen LogP contribution in [0.5, 0.6) is 0 Å². The van der Waals surface area contributed by atoms with Gasteiger partial charge in [-0.25, -0.2) is 4.39 Å². The first-order chi connectivity index (χ1) is 20.0. The topological polar surface area (TPSA) is 65.6 Å². The smallest absolute Gasteiger partial charge is 0.250 e. The molecule has 4 rings (SSSR count). The first-order valence-corrected chi connectivity index (χ1v) is 14.8. The summed E-state index contributed by atoms with van der Waals surface area (Å²) < 4.78 is 19.9. The van der Waals surface area contributed by atoms with Crippen LogP contribution in [0.1, 0.15) is 45.7 Å². The number of terminal acetylenes is 1. The number of anilines is 2. The number of amides is 1. The zero-order valence-corrected chi connectivity index (χ0v) is 26.5. The highest BCUT2D eigenvalue weighted by atomic mass is 79.9. The molecule has 1 fully saturated rings. The van der Waals surface area contributed by atoms with Crippen molar-refractivity contribution in [2.45, 2.75) is 47.3 Å². The van der Waals surface area contributed by atoms with Crippen LogP contribution in [0.15, 0.2) is 82.9 Å². The predicted molar refractivity (Wildman–Crippen MR) is 175 cm³/mol. The van der Waals surface area contributed by atoms with Crippen molar-refractivity contribution in [3.05, 3.63) is 99.8 Å². The number of hydrazine groups is 2. The van der Waals surface area contributed by atoms with E-state index in [-0.39, 0.29) is 18.3 Å². The molecule has 0 radical (unpaired) electrons. The van der Waals surface area contributed by atoms with Gasteiger partial charge in [0.2, 0.25) is 0 Å². The molecule has 0 aliphatic carbocycles. The summed E-state index contributed by atoms with van der Waals surface area (Å²) in [5, 5.41) is 0. The van der Waals surface area contributed by atoms with E-state index in [9.17, 15) is 9.18 Å². The van der Waals surface area contributed by atoms with Crippen LogP contribution in [0.3, 0.4) is 0 Å². The van der Waals surface area contributed by atoms with Gasteiger partial charge in [0.25, 0.3) is 5.91 Å². The van der Waals surface area contributed by atoms with Crippen LogP contribution in [-0.4, -0.2) is 30.2 Å². The number of hydrogen-bond acceptors (Lipinski definition) is 5. The van der Waals surface area contributed by atoms with E-state index in [0.29, 0.717) is 24.8 Å². The van der Waals surface area contributed by atoms with Crippen molar-refractivity contribution in [1.29, 1.82) is 0 Å². The maximum Gasteiger partial charge on any atom is 0.250 e. The number of nitrogens with zero attached hydrogens (tertiary/aromatic N) is 1. The second-order valence-electron chi connectivity index (χ2n) is 10.6. The summed E-state index contributed by atoms with van der Waals surface area (Å²) in [5.41, 5.74) is 15.7. The quantitative estimate of drug-likeness (QED) is 0.196. The fraction of sp³-hybridized carbons (Fsp3) is 0.324. The van der Waals surface area contributed by atoms with E-state index in [1.165, 1.54) is 17.7 Å². The van der Waals surface area contributed by atoms with E-state index >= 15 is 0 Å². The van der Waals surface area contributed by atoms with Crippen LogP contribution < -0.4 is 16.4 Å². The number of ether oxygens (including phenoxy) is 1. The van der Waals surface area contributed by atoms with Crippen LogP contribution in [-0.2, 0) is 16.0 Å². The SMILES string of the molecule is C#C/C(Br)=C\C=C(/C)C(C)C(C)C.C=C(/C(=C\C)C1OCC(=O)N1CCc1ccc2c(c1)NNN2)c1ccc(F)cc1. The van der Waals surface area contributed by atoms with Gasteiger partial charge in [-0.15, -0.1) is 12.0 Å². The molecule has 222 valence electrons. The first-order valence-electron chi connectivity index (χ1n) is 14.0. The molecule has 2 heterocycles. The summed E-state index contributed by atoms with van der Waals surface area (Å²) in [6.45, 7) is 15.4. The number of carbonyl (C=O) groups is 1. The molecule has 0 saturated carbocycles. The Morgan fingerprint density at radius 3 is 2.52 bits per heavy atom. The fourth-order valence-electron chi connectivity index (χ4n) is 4.54. The van der Waals surface area contributed by atoms with Crippen LogP contribution in [0.4, 0.5) is 15.8 Å². The lowest BCUT2D eigenvalue weighted by atomic mass is 9.91. The third-order valence-electron chi connectivity index (χ3n) is 7.55. The Morgan fingerprint density at radius 1 is 1.19 bits per heavy atom. The van der Waals surface area contributed by atoms with Crippen molar-refractivity contribution < 1.29 is 13.9 Å². The molecule has 2 unspecified atom stereocenters. The van der Waals surface area contributed by atoms with Crippen molar-refractivity contribution in [2.75, 3.05) is 24.0 Å². The molecule has 2 aromatic rings. The summed E-state index contributed by atoms with van der Waals surface area (Å²) in [4.78, 5) is 14.2. The average molecular weight is 636 g/mol. The zero-order chi connectivity index (χ0) is 30.8. The fourth-order valence-corrected chi connectivity index (χ4v) is 4.67. The minimum atomic E-state index is -0.499. The molecular weight excluding hydrogens is 595 g/mol. The highest BCUT2D eigenvalue weighted by Gasteiger charge is 2.35. The van der Waals surface area contributed by atoms with Gasteiger partial charge in [0.05, 0.1) is 15.9 Å². The van der Waals surface area contributed by atoms with Gasteiger partial charge in [0, 0.05) is 12.1 Å². The Hall–Kier alpha value is -3.64. The van der Waals surface area contributed by atoms with Gasteiger partial charge >= 0.3 is 0 Å². The molecule has 6 nitrogen and oxygen atoms in total. The van der Waals surface area contributed by atoms with E-state index in [4.69, 9.17) is 11.2 Å². The van der Waals surface area contributed by atoms with E-state index in [1.54, 1.807) is 17.0 Å². The number of halogens is 2. The Bertz CT molecular complexity index is 1410. The van der Waals surface area contributed by atoms with Gasteiger partial charge in [0.15, 0.2) is 6.23 Å². The van der Waals surface area contributed by atoms with Gasteiger partial charge in [-0.1, -0.05) is 69.2 Å². The van der Waals surface area contributed by atoms with Crippen molar-refractivity contribution in [1.82, 2.24) is 10.4 Å². The van der Waals surface area contributed by atoms with Crippen LogP contribution in [0, 0.1) is 30.0 Å². The van der Waals surface area contributed by atoms with Gasteiger partial charge in [-0.2, -0.15) is 0 Å². The van der Waals surface area contributed by atoms with E-state index < -0.39 is 6.23 Å². The minimum absolute atomic E-state index is 0.0400. The molecule has 0 spiro atoms. The second kappa shape index (κ2) is 15.5. The predicted octanol–water partition coefficient (Wildman–Crippen LogP) is 7.61. The summed E-state index contributed by atoms with van der Waals surface area (Å²) in [7, 11) is 0. The Morgan fingerprint density at radius 2 is 1.88 bits per heavy atom. The van der Waals surface area contributed by atoms with E-state index in [1.807, 2.05) is 37.3 Å². The minimum Gasteiger partial charge on any atom is -0.344 e. The highest BCUT2D eigenvalue weighted by Crippen LogP contribution is 2.31. The van der Waals surface area contributed by atoms with Crippen molar-refractivity contribution in [3.63, 3.8) is 0 Å². The standard InChI is InChI=1S/C22H23FN4O2.C12H17Br/c1-3-18(14(2)16-5-7-17(23)8-6-16)22-27(21(28)13-29-22)11-10-15-4-9-19-20(12-15)25-26-24-19;1-6-12(13)8-7-10(4)11(5)9(2)3/h3-9,12,22,24-26H,2,10-11,13H2,1H3;1,7-9,11H,2-5H3/b18-3+;10-7+,12-8+. The molecule has 3 N–H and O–H groups in total. The van der Waals surface area contributed by atoms with Crippen LogP contribution in [0.25, 0.3) is 5.57 Å². The number of benzene rings is 2. The first kappa shape index (κ1) is 32.9. The number of nitrogens with one attached hydrogen (secondary N) is 3. The van der Waals surface area contributed by atoms with E-state index in [2.05, 4.69) is 78.6 Å². The van der Waals surface area contributed by atoms with Crippen molar-refractivity contribution >= 4 is 38.8 Å².